The molecule has 0 amide bonds. The Kier molecular flexibility index (Phi) is 7.95. The van der Waals surface area contributed by atoms with Gasteiger partial charge in [0.15, 0.2) is 5.82 Å². The number of hydrogen-bond donors (Lipinski definition) is 2. The van der Waals surface area contributed by atoms with Crippen molar-refractivity contribution in [2.24, 2.45) is 16.7 Å². The number of methoxy groups -OCH3 is 1. The second kappa shape index (κ2) is 12.3. The van der Waals surface area contributed by atoms with Crippen molar-refractivity contribution in [3.05, 3.63) is 41.5 Å². The fourth-order valence-corrected chi connectivity index (χ4v) is 9.18. The average molecular weight is 735 g/mol. The minimum Gasteiger partial charge on any atom is -0.508 e. The number of fused-ring (bicyclic) bond motifs is 4. The molecule has 2 aliphatic carbocycles. The molecule has 3 aliphatic heterocycles. The van der Waals surface area contributed by atoms with E-state index in [1.54, 1.807) is 0 Å². The number of piperidine rings is 1. The number of nitrogens with zero attached hydrogens (tertiary/aromatic N) is 5. The maximum atomic E-state index is 17.1. The number of rotatable bonds is 8. The number of anilines is 1. The maximum absolute atomic E-state index is 17.1. The summed E-state index contributed by atoms with van der Waals surface area (Å²) in [6, 6.07) is 5.78. The highest BCUT2D eigenvalue weighted by atomic mass is 19.4. The van der Waals surface area contributed by atoms with Crippen LogP contribution in [0.3, 0.4) is 0 Å². The molecule has 2 N–H and O–H groups in total. The molecule has 5 heterocycles. The number of aromatic nitrogens is 3. The van der Waals surface area contributed by atoms with E-state index in [1.807, 2.05) is 0 Å². The monoisotopic (exact) mass is 734 g/mol. The van der Waals surface area contributed by atoms with E-state index in [9.17, 15) is 22.7 Å². The van der Waals surface area contributed by atoms with Gasteiger partial charge < -0.3 is 29.7 Å². The molecule has 3 unspecified atom stereocenters. The number of hydrogen-bond acceptors (Lipinski definition) is 9. The van der Waals surface area contributed by atoms with Crippen LogP contribution < -0.4 is 19.7 Å². The van der Waals surface area contributed by atoms with Gasteiger partial charge in [0, 0.05) is 48.1 Å². The Morgan fingerprint density at radius 3 is 2.40 bits per heavy atom. The Bertz CT molecular complexity index is 2170. The van der Waals surface area contributed by atoms with Crippen LogP contribution in [0.4, 0.5) is 27.8 Å². The number of piperazine rings is 1. The van der Waals surface area contributed by atoms with Gasteiger partial charge >= 0.3 is 12.2 Å². The Morgan fingerprint density at radius 1 is 1.02 bits per heavy atom. The SMILES string of the molecule is C#Cc1c(F)ccc2cc(O)cc(-c3nc(OC)c4c(N5CC6CCC(C5)N6)nc(OCC5(CN6CCC7(CC6)CC7C(F)(F)F)CC5)nc4c3F)c12. The molecule has 2 bridgehead atoms. The lowest BCUT2D eigenvalue weighted by molar-refractivity contribution is -0.158. The molecular weight excluding hydrogens is 695 g/mol. The minimum atomic E-state index is -4.13. The van der Waals surface area contributed by atoms with Crippen LogP contribution in [0.25, 0.3) is 32.9 Å². The fraction of sp³-hybridized carbons (Fsp3) is 0.513. The first-order chi connectivity index (χ1) is 25.4. The molecule has 5 aliphatic rings. The second-order valence-corrected chi connectivity index (χ2v) is 15.8. The van der Waals surface area contributed by atoms with Gasteiger partial charge in [0.1, 0.15) is 34.0 Å². The van der Waals surface area contributed by atoms with Gasteiger partial charge in [-0.2, -0.15) is 23.1 Å². The van der Waals surface area contributed by atoms with Gasteiger partial charge in [-0.1, -0.05) is 12.0 Å². The van der Waals surface area contributed by atoms with Crippen molar-refractivity contribution in [3.63, 3.8) is 0 Å². The lowest BCUT2D eigenvalue weighted by atomic mass is 9.90. The van der Waals surface area contributed by atoms with Crippen molar-refractivity contribution < 1.29 is 36.5 Å². The number of terminal acetylenes is 1. The zero-order chi connectivity index (χ0) is 36.9. The first-order valence-electron chi connectivity index (χ1n) is 18.2. The number of likely N-dealkylation sites (tertiary alicyclic amines) is 1. The summed E-state index contributed by atoms with van der Waals surface area (Å²) < 4.78 is 84.4. The standard InChI is InChI=1S/C39H39F5N6O3/c1-3-25-27(40)7-4-21-14-24(51)15-26(29(21)25)32-31(41)33-30(35(46-32)52-2)34(50-17-22-5-6-23(18-50)45-22)48-36(47-33)53-20-37(8-9-37)19-49-12-10-38(11-13-49)16-28(38)39(42,43)44/h1,4,7,14-15,22-23,28,45,51H,5-6,8-13,16-20H2,2H3. The summed E-state index contributed by atoms with van der Waals surface area (Å²) in [5.41, 5.74) is -1.18. The van der Waals surface area contributed by atoms with Gasteiger partial charge in [0.25, 0.3) is 0 Å². The third kappa shape index (κ3) is 5.96. The smallest absolute Gasteiger partial charge is 0.392 e. The van der Waals surface area contributed by atoms with Gasteiger partial charge in [-0.25, -0.2) is 13.8 Å². The largest absolute Gasteiger partial charge is 0.508 e. The van der Waals surface area contributed by atoms with Crippen LogP contribution in [-0.4, -0.2) is 89.7 Å². The number of nitrogens with one attached hydrogen (secondary N) is 1. The molecule has 1 spiro atoms. The number of aromatic hydroxyl groups is 1. The zero-order valence-corrected chi connectivity index (χ0v) is 29.2. The van der Waals surface area contributed by atoms with Gasteiger partial charge in [0.2, 0.25) is 5.88 Å². The van der Waals surface area contributed by atoms with E-state index >= 15 is 4.39 Å². The molecule has 14 heteroatoms. The molecule has 9 nitrogen and oxygen atoms in total. The first-order valence-corrected chi connectivity index (χ1v) is 18.2. The quantitative estimate of drug-likeness (QED) is 0.154. The van der Waals surface area contributed by atoms with E-state index in [4.69, 9.17) is 20.9 Å². The van der Waals surface area contributed by atoms with E-state index in [0.29, 0.717) is 56.8 Å². The lowest BCUT2D eigenvalue weighted by Gasteiger charge is -2.35. The van der Waals surface area contributed by atoms with Crippen LogP contribution in [0.1, 0.15) is 50.5 Å². The molecule has 2 saturated carbocycles. The van der Waals surface area contributed by atoms with E-state index in [1.165, 1.54) is 31.4 Å². The second-order valence-electron chi connectivity index (χ2n) is 15.8. The van der Waals surface area contributed by atoms with Crippen molar-refractivity contribution in [3.8, 4) is 41.2 Å². The number of ether oxygens (including phenoxy) is 2. The summed E-state index contributed by atoms with van der Waals surface area (Å²) in [6.07, 6.45) is 6.67. The van der Waals surface area contributed by atoms with Crippen LogP contribution in [0.2, 0.25) is 0 Å². The molecule has 53 heavy (non-hydrogen) atoms. The number of phenolic OH excluding ortho intramolecular Hbond substituents is 1. The number of pyridine rings is 1. The van der Waals surface area contributed by atoms with Crippen LogP contribution >= 0.6 is 0 Å². The van der Waals surface area contributed by atoms with Gasteiger partial charge in [-0.15, -0.1) is 6.42 Å². The van der Waals surface area contributed by atoms with Crippen molar-refractivity contribution in [2.45, 2.75) is 63.2 Å². The third-order valence-corrected chi connectivity index (χ3v) is 12.3. The molecule has 5 fully saturated rings. The highest BCUT2D eigenvalue weighted by Gasteiger charge is 2.66. The Balaban J connectivity index is 1.08. The molecule has 2 aromatic heterocycles. The predicted molar refractivity (Wildman–Crippen MR) is 188 cm³/mol. The number of benzene rings is 2. The molecule has 2 aromatic carbocycles. The van der Waals surface area contributed by atoms with Gasteiger partial charge in [-0.3, -0.25) is 0 Å². The number of halogens is 5. The maximum Gasteiger partial charge on any atom is 0.392 e. The van der Waals surface area contributed by atoms with Crippen molar-refractivity contribution >= 4 is 27.5 Å². The average Bonchev–Trinajstić information content (AvgIpc) is 4.04. The molecule has 9 rings (SSSR count). The molecule has 3 atom stereocenters. The summed E-state index contributed by atoms with van der Waals surface area (Å²) in [4.78, 5) is 18.4. The molecular formula is C39H39F5N6O3. The van der Waals surface area contributed by atoms with Crippen molar-refractivity contribution in [1.29, 1.82) is 0 Å². The van der Waals surface area contributed by atoms with Gasteiger partial charge in [-0.05, 0) is 87.0 Å². The highest BCUT2D eigenvalue weighted by Crippen LogP contribution is 2.65. The van der Waals surface area contributed by atoms with E-state index < -0.39 is 29.1 Å². The van der Waals surface area contributed by atoms with Crippen molar-refractivity contribution in [2.75, 3.05) is 51.3 Å². The lowest BCUT2D eigenvalue weighted by Crippen LogP contribution is -2.51. The van der Waals surface area contributed by atoms with E-state index in [-0.39, 0.29) is 81.3 Å². The molecule has 0 radical (unpaired) electrons. The first kappa shape index (κ1) is 34.3. The molecule has 3 saturated heterocycles. The van der Waals surface area contributed by atoms with Crippen LogP contribution in [0, 0.1) is 40.7 Å². The Hall–Kier alpha value is -4.48. The van der Waals surface area contributed by atoms with Crippen LogP contribution in [0.5, 0.6) is 17.6 Å². The Labute approximate surface area is 302 Å². The fourth-order valence-electron chi connectivity index (χ4n) is 9.18. The summed E-state index contributed by atoms with van der Waals surface area (Å²) >= 11 is 0. The van der Waals surface area contributed by atoms with E-state index in [0.717, 1.165) is 25.7 Å². The summed E-state index contributed by atoms with van der Waals surface area (Å²) in [7, 11) is 1.41. The summed E-state index contributed by atoms with van der Waals surface area (Å²) in [6.45, 7) is 3.42. The summed E-state index contributed by atoms with van der Waals surface area (Å²) in [5, 5.41) is 15.1. The predicted octanol–water partition coefficient (Wildman–Crippen LogP) is 6.58. The van der Waals surface area contributed by atoms with Gasteiger partial charge in [0.05, 0.1) is 25.2 Å². The van der Waals surface area contributed by atoms with Crippen molar-refractivity contribution in [1.82, 2.24) is 25.2 Å². The van der Waals surface area contributed by atoms with E-state index in [2.05, 4.69) is 31.0 Å². The van der Waals surface area contributed by atoms with Crippen LogP contribution in [0.15, 0.2) is 24.3 Å². The topological polar surface area (TPSA) is 95.9 Å². The number of alkyl halides is 3. The molecule has 4 aromatic rings. The Morgan fingerprint density at radius 2 is 1.75 bits per heavy atom. The number of phenols is 1. The zero-order valence-electron chi connectivity index (χ0n) is 29.2. The summed E-state index contributed by atoms with van der Waals surface area (Å²) in [5.74, 6) is -0.0578. The molecule has 278 valence electrons. The van der Waals surface area contributed by atoms with Crippen LogP contribution in [-0.2, 0) is 0 Å². The minimum absolute atomic E-state index is 0.0255. The highest BCUT2D eigenvalue weighted by molar-refractivity contribution is 6.04. The third-order valence-electron chi connectivity index (χ3n) is 12.3. The normalized spacial score (nSPS) is 24.5.